The van der Waals surface area contributed by atoms with E-state index in [1.807, 2.05) is 0 Å². The van der Waals surface area contributed by atoms with Crippen molar-refractivity contribution in [2.45, 2.75) is 271 Å². The van der Waals surface area contributed by atoms with Crippen molar-refractivity contribution in [1.82, 2.24) is 0 Å². The van der Waals surface area contributed by atoms with Gasteiger partial charge in [-0.2, -0.15) is 0 Å². The van der Waals surface area contributed by atoms with E-state index in [4.69, 9.17) is 14.2 Å². The summed E-state index contributed by atoms with van der Waals surface area (Å²) in [5, 5.41) is 0. The predicted octanol–water partition coefficient (Wildman–Crippen LogP) is 18.8. The number of ether oxygens (including phenoxy) is 3. The minimum Gasteiger partial charge on any atom is -0.462 e. The summed E-state index contributed by atoms with van der Waals surface area (Å²) >= 11 is 0. The molecule has 0 saturated heterocycles. The molecule has 0 bridgehead atoms. The highest BCUT2D eigenvalue weighted by Crippen LogP contribution is 2.16. The second-order valence-corrected chi connectivity index (χ2v) is 18.5. The van der Waals surface area contributed by atoms with Crippen LogP contribution in [0.25, 0.3) is 0 Å². The zero-order valence-corrected chi connectivity index (χ0v) is 43.9. The molecule has 0 fully saturated rings. The minimum atomic E-state index is -0.811. The Hall–Kier alpha value is -3.41. The molecule has 6 heteroatoms. The number of esters is 3. The smallest absolute Gasteiger partial charge is 0.306 e. The molecule has 0 N–H and O–H groups in total. The lowest BCUT2D eigenvalue weighted by molar-refractivity contribution is -0.167. The normalized spacial score (nSPS) is 12.7. The van der Waals surface area contributed by atoms with Gasteiger partial charge in [-0.05, 0) is 83.5 Å². The van der Waals surface area contributed by atoms with Crippen LogP contribution in [0.5, 0.6) is 0 Å². The average Bonchev–Trinajstić information content (AvgIpc) is 3.33. The summed E-state index contributed by atoms with van der Waals surface area (Å²) in [5.74, 6) is -0.970. The van der Waals surface area contributed by atoms with Crippen LogP contribution in [0.4, 0.5) is 0 Å². The first-order valence-electron chi connectivity index (χ1n) is 28.1. The number of allylic oxidation sites excluding steroid dienone is 14. The Labute approximate surface area is 414 Å². The highest BCUT2D eigenvalue weighted by Gasteiger charge is 2.19. The van der Waals surface area contributed by atoms with E-state index in [-0.39, 0.29) is 37.5 Å². The van der Waals surface area contributed by atoms with Crippen LogP contribution in [0.15, 0.2) is 85.1 Å². The standard InChI is InChI=1S/C61H104O6/c1-4-7-10-13-16-19-22-25-28-30-32-33-36-39-42-45-48-51-54-60(63)66-57-58(56-65-59(62)53-50-47-44-41-38-35-27-24-21-18-15-12-9-6-3)67-61(64)55-52-49-46-43-40-37-34-31-29-26-23-20-17-14-11-8-5-2/h8,11,15,17-18,20,24,26-27,29,34,37,43,46,58H,4-7,9-10,12-14,16,19,21-23,25,28,30-33,35-36,38-42,44-45,47-57H2,1-3H3/b11-8-,18-15-,20-17-,27-24-,29-26-,37-34-,46-43-/t58-/m1/s1. The number of rotatable bonds is 50. The Bertz CT molecular complexity index is 1300. The molecular formula is C61H104O6. The molecule has 0 spiro atoms. The van der Waals surface area contributed by atoms with Crippen molar-refractivity contribution in [3.8, 4) is 0 Å². The Balaban J connectivity index is 4.46. The first-order chi connectivity index (χ1) is 33.0. The van der Waals surface area contributed by atoms with Crippen LogP contribution in [0, 0.1) is 0 Å². The number of carbonyl (C=O) groups excluding carboxylic acids is 3. The van der Waals surface area contributed by atoms with E-state index in [1.54, 1.807) is 0 Å². The SMILES string of the molecule is CC/C=C\C/C=C\C/C=C\C/C=C\C/C=C\CCCC(=O)O[C@H](COC(=O)CCCCCCC/C=C\C/C=C\CCCC)COC(=O)CCCCCCCCCCCCCCCCCCCC. The molecule has 0 aliphatic rings. The zero-order chi connectivity index (χ0) is 48.6. The molecule has 0 aliphatic heterocycles. The molecule has 0 aliphatic carbocycles. The van der Waals surface area contributed by atoms with Crippen LogP contribution in [0.3, 0.4) is 0 Å². The van der Waals surface area contributed by atoms with Gasteiger partial charge in [0, 0.05) is 19.3 Å². The molecule has 0 aromatic heterocycles. The topological polar surface area (TPSA) is 78.9 Å². The van der Waals surface area contributed by atoms with Crippen LogP contribution in [-0.2, 0) is 28.6 Å². The van der Waals surface area contributed by atoms with Crippen LogP contribution in [-0.4, -0.2) is 37.2 Å². The molecule has 6 nitrogen and oxygen atoms in total. The summed E-state index contributed by atoms with van der Waals surface area (Å²) in [7, 11) is 0. The number of hydrogen-bond acceptors (Lipinski definition) is 6. The maximum Gasteiger partial charge on any atom is 0.306 e. The van der Waals surface area contributed by atoms with Gasteiger partial charge in [0.05, 0.1) is 0 Å². The Kier molecular flexibility index (Phi) is 52.4. The van der Waals surface area contributed by atoms with Crippen molar-refractivity contribution >= 4 is 17.9 Å². The summed E-state index contributed by atoms with van der Waals surface area (Å²) in [4.78, 5) is 38.1. The molecule has 1 atom stereocenters. The fraction of sp³-hybridized carbons (Fsp3) is 0.721. The molecule has 0 heterocycles. The summed E-state index contributed by atoms with van der Waals surface area (Å²) < 4.78 is 16.8. The fourth-order valence-electron chi connectivity index (χ4n) is 7.67. The van der Waals surface area contributed by atoms with E-state index in [0.29, 0.717) is 19.3 Å². The lowest BCUT2D eigenvalue weighted by Gasteiger charge is -2.18. The second kappa shape index (κ2) is 55.2. The molecular weight excluding hydrogens is 829 g/mol. The number of hydrogen-bond donors (Lipinski definition) is 0. The van der Waals surface area contributed by atoms with Gasteiger partial charge in [-0.25, -0.2) is 0 Å². The molecule has 0 saturated carbocycles. The lowest BCUT2D eigenvalue weighted by atomic mass is 10.0. The van der Waals surface area contributed by atoms with E-state index >= 15 is 0 Å². The fourth-order valence-corrected chi connectivity index (χ4v) is 7.67. The lowest BCUT2D eigenvalue weighted by Crippen LogP contribution is -2.30. The van der Waals surface area contributed by atoms with Gasteiger partial charge in [0.15, 0.2) is 6.10 Å². The van der Waals surface area contributed by atoms with Crippen molar-refractivity contribution in [3.05, 3.63) is 85.1 Å². The summed E-state index contributed by atoms with van der Waals surface area (Å²) in [6, 6.07) is 0. The quantitative estimate of drug-likeness (QED) is 0.0262. The third-order valence-electron chi connectivity index (χ3n) is 11.9. The van der Waals surface area contributed by atoms with Gasteiger partial charge in [0.25, 0.3) is 0 Å². The molecule has 67 heavy (non-hydrogen) atoms. The summed E-state index contributed by atoms with van der Waals surface area (Å²) in [6.45, 7) is 6.44. The zero-order valence-electron chi connectivity index (χ0n) is 43.9. The van der Waals surface area contributed by atoms with Crippen molar-refractivity contribution in [3.63, 3.8) is 0 Å². The maximum absolute atomic E-state index is 12.8. The van der Waals surface area contributed by atoms with Gasteiger partial charge in [-0.15, -0.1) is 0 Å². The van der Waals surface area contributed by atoms with Gasteiger partial charge in [0.1, 0.15) is 13.2 Å². The Morgan fingerprint density at radius 2 is 0.612 bits per heavy atom. The van der Waals surface area contributed by atoms with Gasteiger partial charge < -0.3 is 14.2 Å². The number of unbranched alkanes of at least 4 members (excludes halogenated alkanes) is 25. The minimum absolute atomic E-state index is 0.102. The van der Waals surface area contributed by atoms with Crippen molar-refractivity contribution in [2.75, 3.05) is 13.2 Å². The molecule has 0 aromatic rings. The second-order valence-electron chi connectivity index (χ2n) is 18.5. The van der Waals surface area contributed by atoms with E-state index in [2.05, 4.69) is 106 Å². The van der Waals surface area contributed by atoms with E-state index in [1.165, 1.54) is 116 Å². The van der Waals surface area contributed by atoms with E-state index in [0.717, 1.165) is 103 Å². The highest BCUT2D eigenvalue weighted by atomic mass is 16.6. The van der Waals surface area contributed by atoms with Crippen LogP contribution < -0.4 is 0 Å². The first-order valence-corrected chi connectivity index (χ1v) is 28.1. The average molecular weight is 933 g/mol. The Morgan fingerprint density at radius 1 is 0.313 bits per heavy atom. The third-order valence-corrected chi connectivity index (χ3v) is 11.9. The monoisotopic (exact) mass is 933 g/mol. The predicted molar refractivity (Wildman–Crippen MR) is 288 cm³/mol. The largest absolute Gasteiger partial charge is 0.462 e. The summed E-state index contributed by atoms with van der Waals surface area (Å²) in [6.07, 6.45) is 71.5. The van der Waals surface area contributed by atoms with E-state index < -0.39 is 6.10 Å². The van der Waals surface area contributed by atoms with Crippen LogP contribution in [0.1, 0.15) is 265 Å². The van der Waals surface area contributed by atoms with Crippen LogP contribution in [0.2, 0.25) is 0 Å². The molecule has 0 rings (SSSR count). The van der Waals surface area contributed by atoms with E-state index in [9.17, 15) is 14.4 Å². The van der Waals surface area contributed by atoms with Crippen LogP contribution >= 0.6 is 0 Å². The Morgan fingerprint density at radius 3 is 1.00 bits per heavy atom. The number of carbonyl (C=O) groups is 3. The maximum atomic E-state index is 12.8. The summed E-state index contributed by atoms with van der Waals surface area (Å²) in [5.41, 5.74) is 0. The first kappa shape index (κ1) is 63.6. The molecule has 0 amide bonds. The van der Waals surface area contributed by atoms with Crippen molar-refractivity contribution in [2.24, 2.45) is 0 Å². The van der Waals surface area contributed by atoms with Gasteiger partial charge in [-0.1, -0.05) is 247 Å². The molecule has 384 valence electrons. The highest BCUT2D eigenvalue weighted by molar-refractivity contribution is 5.71. The molecule has 0 radical (unpaired) electrons. The molecule has 0 unspecified atom stereocenters. The van der Waals surface area contributed by atoms with Gasteiger partial charge in [-0.3, -0.25) is 14.4 Å². The molecule has 0 aromatic carbocycles. The van der Waals surface area contributed by atoms with Crippen molar-refractivity contribution < 1.29 is 28.6 Å². The third kappa shape index (κ3) is 53.4. The van der Waals surface area contributed by atoms with Crippen molar-refractivity contribution in [1.29, 1.82) is 0 Å². The van der Waals surface area contributed by atoms with Gasteiger partial charge >= 0.3 is 17.9 Å². The van der Waals surface area contributed by atoms with Gasteiger partial charge in [0.2, 0.25) is 0 Å².